The van der Waals surface area contributed by atoms with Gasteiger partial charge in [-0.1, -0.05) is 12.1 Å². The molecule has 17 heavy (non-hydrogen) atoms. The second-order valence-electron chi connectivity index (χ2n) is 4.32. The highest BCUT2D eigenvalue weighted by molar-refractivity contribution is 7.80. The number of nitrogens with one attached hydrogen (secondary N) is 1. The predicted octanol–water partition coefficient (Wildman–Crippen LogP) is 1.61. The molecule has 0 spiro atoms. The van der Waals surface area contributed by atoms with Crippen LogP contribution in [0.4, 0.5) is 5.69 Å². The average molecular weight is 250 g/mol. The fourth-order valence-electron chi connectivity index (χ4n) is 2.13. The third-order valence-electron chi connectivity index (χ3n) is 3.11. The van der Waals surface area contributed by atoms with E-state index in [0.717, 1.165) is 31.0 Å². The predicted molar refractivity (Wildman–Crippen MR) is 73.7 cm³/mol. The first-order valence-electron chi connectivity index (χ1n) is 5.92. The summed E-state index contributed by atoms with van der Waals surface area (Å²) in [5, 5.41) is 3.32. The molecule has 0 aromatic heterocycles. The van der Waals surface area contributed by atoms with Crippen molar-refractivity contribution in [1.82, 2.24) is 5.32 Å². The van der Waals surface area contributed by atoms with Gasteiger partial charge >= 0.3 is 0 Å². The quantitative estimate of drug-likeness (QED) is 0.628. The normalized spacial score (nSPS) is 14.9. The highest BCUT2D eigenvalue weighted by Gasteiger charge is 2.20. The lowest BCUT2D eigenvalue weighted by Crippen LogP contribution is -2.31. The summed E-state index contributed by atoms with van der Waals surface area (Å²) in [4.78, 5) is 13.3. The van der Waals surface area contributed by atoms with Gasteiger partial charge < -0.3 is 10.2 Å². The van der Waals surface area contributed by atoms with Gasteiger partial charge in [0.2, 0.25) is 5.91 Å². The minimum atomic E-state index is 0.207. The zero-order valence-electron chi connectivity index (χ0n) is 10.1. The minimum Gasteiger partial charge on any atom is -0.315 e. The van der Waals surface area contributed by atoms with Crippen LogP contribution in [-0.2, 0) is 17.8 Å². The molecule has 1 amide bonds. The van der Waals surface area contributed by atoms with Crippen molar-refractivity contribution in [2.75, 3.05) is 24.2 Å². The number of thiol groups is 1. The molecule has 1 aromatic rings. The van der Waals surface area contributed by atoms with Crippen LogP contribution < -0.4 is 10.2 Å². The summed E-state index contributed by atoms with van der Waals surface area (Å²) < 4.78 is 0. The van der Waals surface area contributed by atoms with E-state index in [0.29, 0.717) is 6.42 Å². The van der Waals surface area contributed by atoms with Gasteiger partial charge in [-0.05, 0) is 23.6 Å². The monoisotopic (exact) mass is 250 g/mol. The molecule has 1 N–H and O–H groups in total. The number of carbonyl (C=O) groups excluding carboxylic acids is 1. The molecule has 92 valence electrons. The first-order valence-corrected chi connectivity index (χ1v) is 6.55. The fraction of sp³-hybridized carbons (Fsp3) is 0.462. The number of amides is 1. The van der Waals surface area contributed by atoms with Crippen molar-refractivity contribution in [3.63, 3.8) is 0 Å². The molecule has 1 aliphatic rings. The zero-order chi connectivity index (χ0) is 12.3. The Morgan fingerprint density at radius 3 is 3.00 bits per heavy atom. The van der Waals surface area contributed by atoms with E-state index in [2.05, 4.69) is 30.1 Å². The van der Waals surface area contributed by atoms with E-state index in [1.165, 1.54) is 11.1 Å². The van der Waals surface area contributed by atoms with E-state index >= 15 is 0 Å². The van der Waals surface area contributed by atoms with E-state index in [1.807, 2.05) is 13.1 Å². The Kier molecular flexibility index (Phi) is 4.07. The van der Waals surface area contributed by atoms with Gasteiger partial charge in [-0.3, -0.25) is 4.79 Å². The topological polar surface area (TPSA) is 32.3 Å². The average Bonchev–Trinajstić information content (AvgIpc) is 2.34. The summed E-state index contributed by atoms with van der Waals surface area (Å²) in [5.74, 6) is 1.06. The van der Waals surface area contributed by atoms with E-state index in [9.17, 15) is 4.79 Å². The zero-order valence-corrected chi connectivity index (χ0v) is 11.0. The maximum Gasteiger partial charge on any atom is 0.227 e. The van der Waals surface area contributed by atoms with Crippen molar-refractivity contribution in [1.29, 1.82) is 0 Å². The van der Waals surface area contributed by atoms with Crippen molar-refractivity contribution >= 4 is 24.2 Å². The minimum absolute atomic E-state index is 0.207. The van der Waals surface area contributed by atoms with Gasteiger partial charge in [0.15, 0.2) is 0 Å². The van der Waals surface area contributed by atoms with Crippen molar-refractivity contribution in [2.45, 2.75) is 19.4 Å². The van der Waals surface area contributed by atoms with Crippen LogP contribution in [0.3, 0.4) is 0 Å². The van der Waals surface area contributed by atoms with Gasteiger partial charge in [-0.15, -0.1) is 0 Å². The Morgan fingerprint density at radius 2 is 2.24 bits per heavy atom. The Labute approximate surface area is 108 Å². The molecule has 1 aromatic carbocycles. The van der Waals surface area contributed by atoms with Crippen LogP contribution in [0.25, 0.3) is 0 Å². The van der Waals surface area contributed by atoms with Gasteiger partial charge in [0.25, 0.3) is 0 Å². The first kappa shape index (κ1) is 12.5. The second-order valence-corrected chi connectivity index (χ2v) is 4.76. The number of aryl methyl sites for hydroxylation is 1. The van der Waals surface area contributed by atoms with Crippen LogP contribution in [0.1, 0.15) is 17.5 Å². The van der Waals surface area contributed by atoms with Crippen LogP contribution >= 0.6 is 12.6 Å². The third-order valence-corrected chi connectivity index (χ3v) is 3.33. The van der Waals surface area contributed by atoms with Gasteiger partial charge in [-0.25, -0.2) is 0 Å². The largest absolute Gasteiger partial charge is 0.315 e. The molecule has 2 rings (SSSR count). The van der Waals surface area contributed by atoms with E-state index in [1.54, 1.807) is 4.90 Å². The summed E-state index contributed by atoms with van der Waals surface area (Å²) in [6.45, 7) is 1.78. The van der Waals surface area contributed by atoms with Crippen molar-refractivity contribution < 1.29 is 4.79 Å². The number of hydrogen-bond donors (Lipinski definition) is 2. The number of nitrogens with zero attached hydrogens (tertiary/aromatic N) is 1. The van der Waals surface area contributed by atoms with E-state index in [-0.39, 0.29) is 5.91 Å². The lowest BCUT2D eigenvalue weighted by molar-refractivity contribution is -0.118. The SMILES string of the molecule is CN1C(=O)CCc2cc(CNCCS)ccc21. The number of benzene rings is 1. The van der Waals surface area contributed by atoms with Crippen LogP contribution in [0.5, 0.6) is 0 Å². The number of anilines is 1. The van der Waals surface area contributed by atoms with Crippen molar-refractivity contribution in [3.05, 3.63) is 29.3 Å². The molecule has 0 radical (unpaired) electrons. The lowest BCUT2D eigenvalue weighted by Gasteiger charge is -2.26. The Morgan fingerprint density at radius 1 is 1.41 bits per heavy atom. The Balaban J connectivity index is 2.12. The molecular formula is C13H18N2OS. The van der Waals surface area contributed by atoms with Crippen molar-refractivity contribution in [2.24, 2.45) is 0 Å². The van der Waals surface area contributed by atoms with Gasteiger partial charge in [0.1, 0.15) is 0 Å². The first-order chi connectivity index (χ1) is 8.22. The Bertz CT molecular complexity index is 420. The summed E-state index contributed by atoms with van der Waals surface area (Å²) in [6, 6.07) is 6.33. The molecule has 0 aliphatic carbocycles. The molecule has 0 saturated heterocycles. The number of rotatable bonds is 4. The molecular weight excluding hydrogens is 232 g/mol. The van der Waals surface area contributed by atoms with Crippen LogP contribution in [-0.4, -0.2) is 25.3 Å². The molecule has 3 nitrogen and oxygen atoms in total. The molecule has 1 aliphatic heterocycles. The van der Waals surface area contributed by atoms with Crippen molar-refractivity contribution in [3.8, 4) is 0 Å². The highest BCUT2D eigenvalue weighted by atomic mass is 32.1. The molecule has 0 unspecified atom stereocenters. The summed E-state index contributed by atoms with van der Waals surface area (Å²) in [7, 11) is 1.85. The van der Waals surface area contributed by atoms with Crippen LogP contribution in [0.2, 0.25) is 0 Å². The van der Waals surface area contributed by atoms with Gasteiger partial charge in [0, 0.05) is 38.0 Å². The maximum atomic E-state index is 11.6. The molecule has 4 heteroatoms. The molecule has 0 fully saturated rings. The summed E-state index contributed by atoms with van der Waals surface area (Å²) in [6.07, 6.45) is 1.48. The highest BCUT2D eigenvalue weighted by Crippen LogP contribution is 2.27. The standard InChI is InChI=1S/C13H18N2OS/c1-15-12-4-2-10(9-14-6-7-17)8-11(12)3-5-13(15)16/h2,4,8,14,17H,3,5-7,9H2,1H3. The van der Waals surface area contributed by atoms with E-state index < -0.39 is 0 Å². The molecule has 1 heterocycles. The second kappa shape index (κ2) is 5.56. The number of carbonyl (C=O) groups is 1. The number of fused-ring (bicyclic) bond motifs is 1. The molecule has 0 saturated carbocycles. The fourth-order valence-corrected chi connectivity index (χ4v) is 2.29. The van der Waals surface area contributed by atoms with E-state index in [4.69, 9.17) is 0 Å². The lowest BCUT2D eigenvalue weighted by atomic mass is 9.99. The van der Waals surface area contributed by atoms with Gasteiger partial charge in [0.05, 0.1) is 0 Å². The van der Waals surface area contributed by atoms with Gasteiger partial charge in [-0.2, -0.15) is 12.6 Å². The maximum absolute atomic E-state index is 11.6. The Hall–Kier alpha value is -1.00. The third kappa shape index (κ3) is 2.82. The van der Waals surface area contributed by atoms with Crippen LogP contribution in [0.15, 0.2) is 18.2 Å². The number of hydrogen-bond acceptors (Lipinski definition) is 3. The summed E-state index contributed by atoms with van der Waals surface area (Å²) in [5.41, 5.74) is 3.60. The smallest absolute Gasteiger partial charge is 0.227 e. The van der Waals surface area contributed by atoms with Crippen LogP contribution in [0, 0.1) is 0 Å². The molecule has 0 bridgehead atoms. The molecule has 0 atom stereocenters. The summed E-state index contributed by atoms with van der Waals surface area (Å²) >= 11 is 4.16.